The van der Waals surface area contributed by atoms with E-state index in [0.717, 1.165) is 16.7 Å². The fourth-order valence-corrected chi connectivity index (χ4v) is 3.68. The molecule has 0 fully saturated rings. The third-order valence-corrected chi connectivity index (χ3v) is 5.34. The number of aryl methyl sites for hydroxylation is 1. The van der Waals surface area contributed by atoms with Gasteiger partial charge in [0.05, 0.1) is 23.5 Å². The standard InChI is InChI=1S/C24H26N6O2/c1-14-26-10-16(11-27-14)15-7-8-17-19(9-15)30(22(32)24(17,5)6)20-13-25-12-18(28-20)21(31)29-23(2,3)4/h7-13H,1-6H3,(H,29,31). The lowest BCUT2D eigenvalue weighted by Crippen LogP contribution is -2.41. The molecule has 0 bridgehead atoms. The van der Waals surface area contributed by atoms with Gasteiger partial charge in [-0.25, -0.2) is 15.0 Å². The minimum absolute atomic E-state index is 0.132. The molecule has 0 aliphatic carbocycles. The number of carbonyl (C=O) groups excluding carboxylic acids is 2. The Morgan fingerprint density at radius 1 is 1.03 bits per heavy atom. The topological polar surface area (TPSA) is 101 Å². The van der Waals surface area contributed by atoms with Crippen LogP contribution in [-0.2, 0) is 10.2 Å². The lowest BCUT2D eigenvalue weighted by atomic mass is 9.85. The molecule has 3 heterocycles. The zero-order valence-corrected chi connectivity index (χ0v) is 19.1. The summed E-state index contributed by atoms with van der Waals surface area (Å²) < 4.78 is 0. The largest absolute Gasteiger partial charge is 0.346 e. The Labute approximate surface area is 187 Å². The predicted molar refractivity (Wildman–Crippen MR) is 122 cm³/mol. The maximum absolute atomic E-state index is 13.4. The van der Waals surface area contributed by atoms with Crippen LogP contribution < -0.4 is 10.2 Å². The lowest BCUT2D eigenvalue weighted by Gasteiger charge is -2.22. The number of hydrogen-bond acceptors (Lipinski definition) is 6. The third-order valence-electron chi connectivity index (χ3n) is 5.34. The van der Waals surface area contributed by atoms with Gasteiger partial charge in [-0.15, -0.1) is 0 Å². The first-order valence-electron chi connectivity index (χ1n) is 10.4. The molecule has 4 rings (SSSR count). The Morgan fingerprint density at radius 2 is 1.72 bits per heavy atom. The molecule has 8 nitrogen and oxygen atoms in total. The summed E-state index contributed by atoms with van der Waals surface area (Å²) in [6.45, 7) is 11.3. The molecular formula is C24H26N6O2. The van der Waals surface area contributed by atoms with E-state index in [9.17, 15) is 9.59 Å². The second-order valence-corrected chi connectivity index (χ2v) is 9.48. The Balaban J connectivity index is 1.79. The van der Waals surface area contributed by atoms with Crippen LogP contribution in [0.15, 0.2) is 43.0 Å². The van der Waals surface area contributed by atoms with Crippen molar-refractivity contribution in [2.24, 2.45) is 0 Å². The molecule has 0 saturated heterocycles. The highest BCUT2D eigenvalue weighted by Gasteiger charge is 2.45. The highest BCUT2D eigenvalue weighted by molar-refractivity contribution is 6.12. The first-order valence-corrected chi connectivity index (χ1v) is 10.4. The number of amides is 2. The number of anilines is 2. The zero-order valence-electron chi connectivity index (χ0n) is 19.1. The van der Waals surface area contributed by atoms with Crippen LogP contribution in [0.25, 0.3) is 11.1 Å². The van der Waals surface area contributed by atoms with Crippen molar-refractivity contribution in [3.8, 4) is 11.1 Å². The number of rotatable bonds is 3. The van der Waals surface area contributed by atoms with Gasteiger partial charge in [0.15, 0.2) is 5.82 Å². The van der Waals surface area contributed by atoms with Crippen LogP contribution in [-0.4, -0.2) is 37.3 Å². The molecule has 0 spiro atoms. The van der Waals surface area contributed by atoms with E-state index in [-0.39, 0.29) is 17.5 Å². The maximum atomic E-state index is 13.4. The van der Waals surface area contributed by atoms with Crippen LogP contribution in [0.5, 0.6) is 0 Å². The van der Waals surface area contributed by atoms with Crippen molar-refractivity contribution in [1.29, 1.82) is 0 Å². The van der Waals surface area contributed by atoms with Crippen LogP contribution in [0.4, 0.5) is 11.5 Å². The fraction of sp³-hybridized carbons (Fsp3) is 0.333. The van der Waals surface area contributed by atoms with E-state index in [2.05, 4.69) is 25.3 Å². The van der Waals surface area contributed by atoms with E-state index < -0.39 is 11.0 Å². The van der Waals surface area contributed by atoms with Gasteiger partial charge in [0.2, 0.25) is 5.91 Å². The molecule has 0 unspecified atom stereocenters. The summed E-state index contributed by atoms with van der Waals surface area (Å²) in [6.07, 6.45) is 6.41. The van der Waals surface area contributed by atoms with Crippen molar-refractivity contribution < 1.29 is 9.59 Å². The lowest BCUT2D eigenvalue weighted by molar-refractivity contribution is -0.121. The van der Waals surface area contributed by atoms with Gasteiger partial charge in [0, 0.05) is 23.5 Å². The van der Waals surface area contributed by atoms with Gasteiger partial charge in [0.25, 0.3) is 5.91 Å². The Morgan fingerprint density at radius 3 is 2.38 bits per heavy atom. The third kappa shape index (κ3) is 3.84. The SMILES string of the molecule is Cc1ncc(-c2ccc3c(c2)N(c2cncc(C(=O)NC(C)(C)C)n2)C(=O)C3(C)C)cn1. The van der Waals surface area contributed by atoms with Crippen LogP contribution in [0, 0.1) is 6.92 Å². The van der Waals surface area contributed by atoms with Gasteiger partial charge >= 0.3 is 0 Å². The predicted octanol–water partition coefficient (Wildman–Crippen LogP) is 3.73. The Hall–Kier alpha value is -3.68. The van der Waals surface area contributed by atoms with E-state index >= 15 is 0 Å². The summed E-state index contributed by atoms with van der Waals surface area (Å²) in [4.78, 5) is 44.8. The van der Waals surface area contributed by atoms with Gasteiger partial charge in [-0.05, 0) is 58.7 Å². The van der Waals surface area contributed by atoms with Crippen LogP contribution >= 0.6 is 0 Å². The molecule has 0 radical (unpaired) electrons. The highest BCUT2D eigenvalue weighted by Crippen LogP contribution is 2.46. The molecule has 1 aliphatic heterocycles. The van der Waals surface area contributed by atoms with Gasteiger partial charge in [-0.1, -0.05) is 12.1 Å². The number of fused-ring (bicyclic) bond motifs is 1. The summed E-state index contributed by atoms with van der Waals surface area (Å²) in [6, 6.07) is 5.84. The van der Waals surface area contributed by atoms with Gasteiger partial charge in [-0.2, -0.15) is 0 Å². The van der Waals surface area contributed by atoms with Gasteiger partial charge < -0.3 is 5.32 Å². The summed E-state index contributed by atoms with van der Waals surface area (Å²) in [5, 5.41) is 2.88. The van der Waals surface area contributed by atoms with Crippen molar-refractivity contribution in [3.05, 3.63) is 60.1 Å². The molecule has 32 heavy (non-hydrogen) atoms. The molecule has 1 N–H and O–H groups in total. The number of nitrogens with one attached hydrogen (secondary N) is 1. The summed E-state index contributed by atoms with van der Waals surface area (Å²) in [5.41, 5.74) is 2.31. The summed E-state index contributed by atoms with van der Waals surface area (Å²) in [5.74, 6) is 0.519. The molecule has 164 valence electrons. The Kier molecular flexibility index (Phi) is 5.03. The molecule has 0 atom stereocenters. The van der Waals surface area contributed by atoms with E-state index in [0.29, 0.717) is 17.3 Å². The number of carbonyl (C=O) groups is 2. The molecule has 0 saturated carbocycles. The molecule has 2 aromatic heterocycles. The average molecular weight is 431 g/mol. The van der Waals surface area contributed by atoms with Crippen molar-refractivity contribution in [2.45, 2.75) is 52.5 Å². The van der Waals surface area contributed by atoms with E-state index in [1.807, 2.05) is 59.7 Å². The molecule has 1 aromatic carbocycles. The second-order valence-electron chi connectivity index (χ2n) is 9.48. The normalized spacial score (nSPS) is 14.9. The summed E-state index contributed by atoms with van der Waals surface area (Å²) >= 11 is 0. The molecule has 1 aliphatic rings. The molecule has 8 heteroatoms. The second kappa shape index (κ2) is 7.47. The molecule has 3 aromatic rings. The maximum Gasteiger partial charge on any atom is 0.271 e. The number of nitrogens with zero attached hydrogens (tertiary/aromatic N) is 5. The monoisotopic (exact) mass is 430 g/mol. The van der Waals surface area contributed by atoms with E-state index in [4.69, 9.17) is 0 Å². The number of hydrogen-bond donors (Lipinski definition) is 1. The average Bonchev–Trinajstić information content (AvgIpc) is 2.92. The highest BCUT2D eigenvalue weighted by atomic mass is 16.2. The van der Waals surface area contributed by atoms with Gasteiger partial charge in [-0.3, -0.25) is 19.5 Å². The molecule has 2 amide bonds. The smallest absolute Gasteiger partial charge is 0.271 e. The Bertz CT molecular complexity index is 1210. The number of aromatic nitrogens is 4. The van der Waals surface area contributed by atoms with Crippen molar-refractivity contribution >= 4 is 23.3 Å². The first kappa shape index (κ1) is 21.5. The minimum Gasteiger partial charge on any atom is -0.346 e. The van der Waals surface area contributed by atoms with Crippen LogP contribution in [0.1, 0.15) is 56.5 Å². The quantitative estimate of drug-likeness (QED) is 0.680. The van der Waals surface area contributed by atoms with Crippen molar-refractivity contribution in [2.75, 3.05) is 4.90 Å². The van der Waals surface area contributed by atoms with Crippen LogP contribution in [0.2, 0.25) is 0 Å². The van der Waals surface area contributed by atoms with Crippen molar-refractivity contribution in [3.63, 3.8) is 0 Å². The van der Waals surface area contributed by atoms with Gasteiger partial charge in [0.1, 0.15) is 11.5 Å². The minimum atomic E-state index is -0.747. The fourth-order valence-electron chi connectivity index (χ4n) is 3.68. The van der Waals surface area contributed by atoms with E-state index in [1.165, 1.54) is 17.3 Å². The number of benzene rings is 1. The zero-order chi connectivity index (χ0) is 23.3. The van der Waals surface area contributed by atoms with Crippen molar-refractivity contribution in [1.82, 2.24) is 25.3 Å². The summed E-state index contributed by atoms with van der Waals surface area (Å²) in [7, 11) is 0. The molecular weight excluding hydrogens is 404 g/mol. The first-order chi connectivity index (χ1) is 15.0. The van der Waals surface area contributed by atoms with E-state index in [1.54, 1.807) is 12.4 Å². The van der Waals surface area contributed by atoms with Crippen LogP contribution in [0.3, 0.4) is 0 Å².